The van der Waals surface area contributed by atoms with Gasteiger partial charge in [-0.25, -0.2) is 0 Å². The standard InChI is InChI=1S/C17H18N4O2/c18-9-14-2-1-3-15(8-14)17(22)20-16-10-19-21(12-16)11-13-4-6-23-7-5-13/h1-3,8,10,12-13H,4-7,11H2,(H,20,22). The van der Waals surface area contributed by atoms with Crippen molar-refractivity contribution in [1.82, 2.24) is 9.78 Å². The van der Waals surface area contributed by atoms with E-state index in [0.717, 1.165) is 32.6 Å². The molecule has 1 N–H and O–H groups in total. The van der Waals surface area contributed by atoms with E-state index >= 15 is 0 Å². The Morgan fingerprint density at radius 1 is 1.43 bits per heavy atom. The van der Waals surface area contributed by atoms with Gasteiger partial charge in [0.2, 0.25) is 0 Å². The normalized spacial score (nSPS) is 15.1. The van der Waals surface area contributed by atoms with E-state index in [1.54, 1.807) is 30.5 Å². The first-order chi connectivity index (χ1) is 11.2. The molecule has 0 saturated carbocycles. The number of hydrogen-bond acceptors (Lipinski definition) is 4. The zero-order chi connectivity index (χ0) is 16.1. The predicted molar refractivity (Wildman–Crippen MR) is 84.9 cm³/mol. The SMILES string of the molecule is N#Cc1cccc(C(=O)Nc2cnn(CC3CCOCC3)c2)c1. The quantitative estimate of drug-likeness (QED) is 0.940. The molecular formula is C17H18N4O2. The molecule has 23 heavy (non-hydrogen) atoms. The highest BCUT2D eigenvalue weighted by Gasteiger charge is 2.15. The van der Waals surface area contributed by atoms with Gasteiger partial charge in [0.25, 0.3) is 5.91 Å². The Balaban J connectivity index is 1.61. The second kappa shape index (κ2) is 7.07. The number of amides is 1. The molecule has 1 aliphatic rings. The molecule has 1 aromatic heterocycles. The van der Waals surface area contributed by atoms with Crippen molar-refractivity contribution in [2.24, 2.45) is 5.92 Å². The van der Waals surface area contributed by atoms with Crippen molar-refractivity contribution in [1.29, 1.82) is 5.26 Å². The average Bonchev–Trinajstić information content (AvgIpc) is 3.02. The first-order valence-electron chi connectivity index (χ1n) is 7.66. The smallest absolute Gasteiger partial charge is 0.255 e. The molecule has 2 heterocycles. The molecule has 0 unspecified atom stereocenters. The van der Waals surface area contributed by atoms with Gasteiger partial charge in [-0.2, -0.15) is 10.4 Å². The zero-order valence-corrected chi connectivity index (χ0v) is 12.7. The lowest BCUT2D eigenvalue weighted by Gasteiger charge is -2.21. The number of carbonyl (C=O) groups excluding carboxylic acids is 1. The summed E-state index contributed by atoms with van der Waals surface area (Å²) in [6.07, 6.45) is 5.57. The Hall–Kier alpha value is -2.65. The molecule has 0 atom stereocenters. The lowest BCUT2D eigenvalue weighted by atomic mass is 10.0. The summed E-state index contributed by atoms with van der Waals surface area (Å²) >= 11 is 0. The fourth-order valence-corrected chi connectivity index (χ4v) is 2.65. The van der Waals surface area contributed by atoms with Crippen LogP contribution in [0.25, 0.3) is 0 Å². The number of rotatable bonds is 4. The van der Waals surface area contributed by atoms with Gasteiger partial charge in [0, 0.05) is 31.5 Å². The number of hydrogen-bond donors (Lipinski definition) is 1. The van der Waals surface area contributed by atoms with Crippen molar-refractivity contribution in [2.45, 2.75) is 19.4 Å². The van der Waals surface area contributed by atoms with Crippen LogP contribution in [0.1, 0.15) is 28.8 Å². The highest BCUT2D eigenvalue weighted by Crippen LogP contribution is 2.18. The van der Waals surface area contributed by atoms with Crippen LogP contribution in [0, 0.1) is 17.2 Å². The molecule has 0 spiro atoms. The summed E-state index contributed by atoms with van der Waals surface area (Å²) in [5.74, 6) is 0.326. The predicted octanol–water partition coefficient (Wildman–Crippen LogP) is 2.43. The molecule has 2 aromatic rings. The third-order valence-electron chi connectivity index (χ3n) is 3.93. The molecule has 0 radical (unpaired) electrons. The van der Waals surface area contributed by atoms with Gasteiger partial charge >= 0.3 is 0 Å². The Morgan fingerprint density at radius 3 is 3.04 bits per heavy atom. The molecule has 1 aliphatic heterocycles. The number of aromatic nitrogens is 2. The summed E-state index contributed by atoms with van der Waals surface area (Å²) in [5.41, 5.74) is 1.58. The molecule has 1 fully saturated rings. The average molecular weight is 310 g/mol. The second-order valence-corrected chi connectivity index (χ2v) is 5.65. The van der Waals surface area contributed by atoms with Gasteiger partial charge in [0.15, 0.2) is 0 Å². The summed E-state index contributed by atoms with van der Waals surface area (Å²) in [6.45, 7) is 2.46. The van der Waals surface area contributed by atoms with Crippen LogP contribution in [-0.2, 0) is 11.3 Å². The molecule has 1 amide bonds. The van der Waals surface area contributed by atoms with Gasteiger partial charge in [-0.15, -0.1) is 0 Å². The number of ether oxygens (including phenoxy) is 1. The fraction of sp³-hybridized carbons (Fsp3) is 0.353. The van der Waals surface area contributed by atoms with Crippen LogP contribution in [0.4, 0.5) is 5.69 Å². The van der Waals surface area contributed by atoms with Gasteiger partial charge < -0.3 is 10.1 Å². The van der Waals surface area contributed by atoms with E-state index in [0.29, 0.717) is 22.7 Å². The van der Waals surface area contributed by atoms with Crippen molar-refractivity contribution < 1.29 is 9.53 Å². The van der Waals surface area contributed by atoms with E-state index in [1.807, 2.05) is 16.9 Å². The largest absolute Gasteiger partial charge is 0.381 e. The van der Waals surface area contributed by atoms with Gasteiger partial charge in [0.05, 0.1) is 23.5 Å². The van der Waals surface area contributed by atoms with Crippen LogP contribution in [-0.4, -0.2) is 28.9 Å². The van der Waals surface area contributed by atoms with Crippen LogP contribution in [0.3, 0.4) is 0 Å². The van der Waals surface area contributed by atoms with Gasteiger partial charge in [-0.1, -0.05) is 6.07 Å². The van der Waals surface area contributed by atoms with Crippen LogP contribution in [0.2, 0.25) is 0 Å². The maximum atomic E-state index is 12.2. The van der Waals surface area contributed by atoms with E-state index in [9.17, 15) is 4.79 Å². The Bertz CT molecular complexity index is 726. The molecule has 6 heteroatoms. The van der Waals surface area contributed by atoms with E-state index in [1.165, 1.54) is 0 Å². The van der Waals surface area contributed by atoms with Gasteiger partial charge in [0.1, 0.15) is 0 Å². The molecular weight excluding hydrogens is 292 g/mol. The Kier molecular flexibility index (Phi) is 4.69. The molecule has 1 saturated heterocycles. The topological polar surface area (TPSA) is 79.9 Å². The van der Waals surface area contributed by atoms with E-state index in [-0.39, 0.29) is 5.91 Å². The number of nitriles is 1. The van der Waals surface area contributed by atoms with Crippen LogP contribution < -0.4 is 5.32 Å². The minimum absolute atomic E-state index is 0.243. The minimum Gasteiger partial charge on any atom is -0.381 e. The van der Waals surface area contributed by atoms with Gasteiger partial charge in [-0.05, 0) is 37.0 Å². The molecule has 118 valence electrons. The van der Waals surface area contributed by atoms with Crippen molar-refractivity contribution >= 4 is 11.6 Å². The van der Waals surface area contributed by atoms with Gasteiger partial charge in [-0.3, -0.25) is 9.48 Å². The Morgan fingerprint density at radius 2 is 2.26 bits per heavy atom. The summed E-state index contributed by atoms with van der Waals surface area (Å²) in [4.78, 5) is 12.2. The lowest BCUT2D eigenvalue weighted by Crippen LogP contribution is -2.20. The van der Waals surface area contributed by atoms with Crippen LogP contribution in [0.5, 0.6) is 0 Å². The number of carbonyl (C=O) groups is 1. The maximum absolute atomic E-state index is 12.2. The third-order valence-corrected chi connectivity index (χ3v) is 3.93. The summed E-state index contributed by atoms with van der Waals surface area (Å²) < 4.78 is 7.21. The zero-order valence-electron chi connectivity index (χ0n) is 12.7. The molecule has 6 nitrogen and oxygen atoms in total. The highest BCUT2D eigenvalue weighted by atomic mass is 16.5. The number of nitrogens with one attached hydrogen (secondary N) is 1. The van der Waals surface area contributed by atoms with Crippen molar-refractivity contribution in [3.8, 4) is 6.07 Å². The van der Waals surface area contributed by atoms with E-state index in [2.05, 4.69) is 10.4 Å². The first-order valence-corrected chi connectivity index (χ1v) is 7.66. The number of benzene rings is 1. The molecule has 3 rings (SSSR count). The van der Waals surface area contributed by atoms with Crippen molar-refractivity contribution in [3.63, 3.8) is 0 Å². The lowest BCUT2D eigenvalue weighted by molar-refractivity contribution is 0.0601. The Labute approximate surface area is 134 Å². The van der Waals surface area contributed by atoms with Crippen molar-refractivity contribution in [2.75, 3.05) is 18.5 Å². The summed E-state index contributed by atoms with van der Waals surface area (Å²) in [6, 6.07) is 8.65. The second-order valence-electron chi connectivity index (χ2n) is 5.65. The monoisotopic (exact) mass is 310 g/mol. The number of nitrogens with zero attached hydrogens (tertiary/aromatic N) is 3. The van der Waals surface area contributed by atoms with Crippen LogP contribution in [0.15, 0.2) is 36.7 Å². The highest BCUT2D eigenvalue weighted by molar-refractivity contribution is 6.04. The fourth-order valence-electron chi connectivity index (χ4n) is 2.65. The van der Waals surface area contributed by atoms with Crippen molar-refractivity contribution in [3.05, 3.63) is 47.8 Å². The molecule has 0 aliphatic carbocycles. The first kappa shape index (κ1) is 15.3. The summed E-state index contributed by atoms with van der Waals surface area (Å²) in [7, 11) is 0. The van der Waals surface area contributed by atoms with Crippen LogP contribution >= 0.6 is 0 Å². The maximum Gasteiger partial charge on any atom is 0.255 e. The van der Waals surface area contributed by atoms with E-state index in [4.69, 9.17) is 10.00 Å². The summed E-state index contributed by atoms with van der Waals surface area (Å²) in [5, 5.41) is 16.0. The molecule has 1 aromatic carbocycles. The minimum atomic E-state index is -0.243. The number of anilines is 1. The van der Waals surface area contributed by atoms with E-state index < -0.39 is 0 Å². The molecule has 0 bridgehead atoms. The third kappa shape index (κ3) is 3.96.